The Morgan fingerprint density at radius 2 is 1.45 bits per heavy atom. The van der Waals surface area contributed by atoms with Crippen LogP contribution >= 0.6 is 0 Å². The van der Waals surface area contributed by atoms with Crippen LogP contribution in [0.5, 0.6) is 0 Å². The van der Waals surface area contributed by atoms with Crippen LogP contribution in [0.15, 0.2) is 59.0 Å². The van der Waals surface area contributed by atoms with Crippen molar-refractivity contribution in [3.05, 3.63) is 60.2 Å². The summed E-state index contributed by atoms with van der Waals surface area (Å²) in [6, 6.07) is 19.2. The van der Waals surface area contributed by atoms with Crippen LogP contribution in [0.4, 0.5) is 0 Å². The minimum Gasteiger partial charge on any atom is -0.455 e. The van der Waals surface area contributed by atoms with Gasteiger partial charge in [0, 0.05) is 16.2 Å². The number of hydrogen-bond donors (Lipinski definition) is 0. The first kappa shape index (κ1) is 11.5. The summed E-state index contributed by atoms with van der Waals surface area (Å²) in [5.41, 5.74) is 3.32. The SMILES string of the molecule is CC(C)c1cccc2c1oc1c3ccccc3ccc21. The number of benzene rings is 3. The van der Waals surface area contributed by atoms with Crippen LogP contribution in [0.1, 0.15) is 25.3 Å². The topological polar surface area (TPSA) is 13.1 Å². The van der Waals surface area contributed by atoms with Gasteiger partial charge in [-0.05, 0) is 22.9 Å². The Balaban J connectivity index is 2.24. The first-order valence-electron chi connectivity index (χ1n) is 7.08. The molecule has 0 atom stereocenters. The molecule has 0 bridgehead atoms. The molecule has 0 saturated carbocycles. The molecule has 1 aromatic heterocycles. The molecule has 0 saturated heterocycles. The zero-order chi connectivity index (χ0) is 13.7. The zero-order valence-corrected chi connectivity index (χ0v) is 11.7. The molecule has 98 valence electrons. The summed E-state index contributed by atoms with van der Waals surface area (Å²) in [4.78, 5) is 0. The average Bonchev–Trinajstić information content (AvgIpc) is 2.86. The summed E-state index contributed by atoms with van der Waals surface area (Å²) < 4.78 is 6.26. The Kier molecular flexibility index (Phi) is 2.37. The second-order valence-corrected chi connectivity index (χ2v) is 5.64. The lowest BCUT2D eigenvalue weighted by atomic mass is 10.00. The van der Waals surface area contributed by atoms with Gasteiger partial charge in [-0.15, -0.1) is 0 Å². The summed E-state index contributed by atoms with van der Waals surface area (Å²) in [7, 11) is 0. The molecule has 0 radical (unpaired) electrons. The monoisotopic (exact) mass is 260 g/mol. The molecule has 4 rings (SSSR count). The van der Waals surface area contributed by atoms with E-state index in [9.17, 15) is 0 Å². The first-order valence-corrected chi connectivity index (χ1v) is 7.08. The van der Waals surface area contributed by atoms with Gasteiger partial charge in [0.05, 0.1) is 0 Å². The molecule has 0 fully saturated rings. The van der Waals surface area contributed by atoms with Gasteiger partial charge in [0.15, 0.2) is 0 Å². The molecule has 0 aliphatic heterocycles. The van der Waals surface area contributed by atoms with Gasteiger partial charge >= 0.3 is 0 Å². The standard InChI is InChI=1S/C19H16O/c1-12(2)14-8-5-9-16-17-11-10-13-6-3-4-7-15(13)19(17)20-18(14)16/h3-12H,1-2H3. The van der Waals surface area contributed by atoms with Crippen LogP contribution in [-0.2, 0) is 0 Å². The molecule has 0 unspecified atom stereocenters. The Bertz CT molecular complexity index is 928. The highest BCUT2D eigenvalue weighted by atomic mass is 16.3. The van der Waals surface area contributed by atoms with E-state index in [0.717, 1.165) is 11.2 Å². The van der Waals surface area contributed by atoms with Crippen molar-refractivity contribution in [2.45, 2.75) is 19.8 Å². The molecule has 4 aromatic rings. The third kappa shape index (κ3) is 1.50. The summed E-state index contributed by atoms with van der Waals surface area (Å²) >= 11 is 0. The van der Waals surface area contributed by atoms with Crippen molar-refractivity contribution < 1.29 is 4.42 Å². The summed E-state index contributed by atoms with van der Waals surface area (Å²) in [6.45, 7) is 4.42. The summed E-state index contributed by atoms with van der Waals surface area (Å²) in [6.07, 6.45) is 0. The molecule has 0 aliphatic carbocycles. The first-order chi connectivity index (χ1) is 9.75. The van der Waals surface area contributed by atoms with Crippen LogP contribution in [0.25, 0.3) is 32.7 Å². The molecule has 1 nitrogen and oxygen atoms in total. The Hall–Kier alpha value is -2.28. The number of hydrogen-bond acceptors (Lipinski definition) is 1. The van der Waals surface area contributed by atoms with E-state index >= 15 is 0 Å². The van der Waals surface area contributed by atoms with Crippen molar-refractivity contribution in [3.63, 3.8) is 0 Å². The number of furan rings is 1. The highest BCUT2D eigenvalue weighted by Gasteiger charge is 2.14. The molecule has 0 N–H and O–H groups in total. The normalized spacial score (nSPS) is 11.9. The molecule has 20 heavy (non-hydrogen) atoms. The fraction of sp³-hybridized carbons (Fsp3) is 0.158. The predicted molar refractivity (Wildman–Crippen MR) is 85.3 cm³/mol. The van der Waals surface area contributed by atoms with Crippen molar-refractivity contribution in [2.75, 3.05) is 0 Å². The maximum Gasteiger partial charge on any atom is 0.143 e. The average molecular weight is 260 g/mol. The van der Waals surface area contributed by atoms with Gasteiger partial charge in [-0.3, -0.25) is 0 Å². The van der Waals surface area contributed by atoms with E-state index in [4.69, 9.17) is 4.42 Å². The second-order valence-electron chi connectivity index (χ2n) is 5.64. The smallest absolute Gasteiger partial charge is 0.143 e. The maximum absolute atomic E-state index is 6.26. The lowest BCUT2D eigenvalue weighted by molar-refractivity contribution is 0.660. The van der Waals surface area contributed by atoms with Crippen molar-refractivity contribution in [3.8, 4) is 0 Å². The summed E-state index contributed by atoms with van der Waals surface area (Å²) in [5, 5.41) is 4.85. The van der Waals surface area contributed by atoms with Gasteiger partial charge in [-0.2, -0.15) is 0 Å². The Labute approximate surface area is 117 Å². The van der Waals surface area contributed by atoms with Gasteiger partial charge in [0.2, 0.25) is 0 Å². The third-order valence-corrected chi connectivity index (χ3v) is 4.04. The third-order valence-electron chi connectivity index (χ3n) is 4.04. The molecule has 3 aromatic carbocycles. The molecule has 0 spiro atoms. The zero-order valence-electron chi connectivity index (χ0n) is 11.7. The van der Waals surface area contributed by atoms with Crippen LogP contribution in [-0.4, -0.2) is 0 Å². The molecule has 0 amide bonds. The molecule has 0 aliphatic rings. The van der Waals surface area contributed by atoms with E-state index < -0.39 is 0 Å². The second kappa shape index (κ2) is 4.11. The van der Waals surface area contributed by atoms with Crippen LogP contribution in [0.2, 0.25) is 0 Å². The van der Waals surface area contributed by atoms with E-state index in [0.29, 0.717) is 5.92 Å². The van der Waals surface area contributed by atoms with Crippen molar-refractivity contribution in [2.24, 2.45) is 0 Å². The van der Waals surface area contributed by atoms with Gasteiger partial charge in [0.1, 0.15) is 11.2 Å². The fourth-order valence-electron chi connectivity index (χ4n) is 3.00. The number of para-hydroxylation sites is 1. The Morgan fingerprint density at radius 1 is 0.700 bits per heavy atom. The molecular formula is C19H16O. The maximum atomic E-state index is 6.26. The largest absolute Gasteiger partial charge is 0.455 e. The van der Waals surface area contributed by atoms with Gasteiger partial charge in [0.25, 0.3) is 0 Å². The fourth-order valence-corrected chi connectivity index (χ4v) is 3.00. The van der Waals surface area contributed by atoms with E-state index in [-0.39, 0.29) is 0 Å². The van der Waals surface area contributed by atoms with Gasteiger partial charge < -0.3 is 4.42 Å². The highest BCUT2D eigenvalue weighted by molar-refractivity contribution is 6.15. The lowest BCUT2D eigenvalue weighted by Crippen LogP contribution is -1.86. The van der Waals surface area contributed by atoms with E-state index in [1.165, 1.54) is 27.1 Å². The number of rotatable bonds is 1. The molecular weight excluding hydrogens is 244 g/mol. The quantitative estimate of drug-likeness (QED) is 0.417. The summed E-state index contributed by atoms with van der Waals surface area (Å²) in [5.74, 6) is 0.463. The van der Waals surface area contributed by atoms with Gasteiger partial charge in [-0.25, -0.2) is 0 Å². The lowest BCUT2D eigenvalue weighted by Gasteiger charge is -2.04. The van der Waals surface area contributed by atoms with Crippen molar-refractivity contribution >= 4 is 32.7 Å². The van der Waals surface area contributed by atoms with Gasteiger partial charge in [-0.1, -0.05) is 62.4 Å². The predicted octanol–water partition coefficient (Wildman–Crippen LogP) is 5.86. The van der Waals surface area contributed by atoms with Crippen LogP contribution in [0, 0.1) is 0 Å². The van der Waals surface area contributed by atoms with Crippen LogP contribution < -0.4 is 0 Å². The molecule has 1 heteroatoms. The molecule has 1 heterocycles. The minimum atomic E-state index is 0.463. The Morgan fingerprint density at radius 3 is 2.30 bits per heavy atom. The van der Waals surface area contributed by atoms with E-state index in [2.05, 4.69) is 68.4 Å². The van der Waals surface area contributed by atoms with Crippen molar-refractivity contribution in [1.82, 2.24) is 0 Å². The van der Waals surface area contributed by atoms with Crippen molar-refractivity contribution in [1.29, 1.82) is 0 Å². The number of fused-ring (bicyclic) bond motifs is 5. The highest BCUT2D eigenvalue weighted by Crippen LogP contribution is 2.37. The van der Waals surface area contributed by atoms with E-state index in [1.807, 2.05) is 0 Å². The van der Waals surface area contributed by atoms with E-state index in [1.54, 1.807) is 0 Å². The minimum absolute atomic E-state index is 0.463. The van der Waals surface area contributed by atoms with Crippen LogP contribution in [0.3, 0.4) is 0 Å².